The van der Waals surface area contributed by atoms with Crippen molar-refractivity contribution in [3.05, 3.63) is 23.8 Å². The van der Waals surface area contributed by atoms with Crippen LogP contribution >= 0.6 is 0 Å². The Bertz CT molecular complexity index is 384. The molecule has 0 atom stereocenters. The highest BCUT2D eigenvalue weighted by Crippen LogP contribution is 2.40. The van der Waals surface area contributed by atoms with Gasteiger partial charge in [0.1, 0.15) is 11.5 Å². The predicted octanol–water partition coefficient (Wildman–Crippen LogP) is 2.34. The summed E-state index contributed by atoms with van der Waals surface area (Å²) in [6.07, 6.45) is 2.27. The summed E-state index contributed by atoms with van der Waals surface area (Å²) in [6, 6.07) is 6.07. The van der Waals surface area contributed by atoms with Gasteiger partial charge in [-0.05, 0) is 49.5 Å². The van der Waals surface area contributed by atoms with Crippen LogP contribution in [0.5, 0.6) is 11.5 Å². The Hall–Kier alpha value is -1.22. The van der Waals surface area contributed by atoms with Crippen molar-refractivity contribution in [2.45, 2.75) is 25.2 Å². The maximum absolute atomic E-state index is 5.49. The third kappa shape index (κ3) is 2.39. The third-order valence-corrected chi connectivity index (χ3v) is 3.76. The van der Waals surface area contributed by atoms with Gasteiger partial charge in [-0.15, -0.1) is 0 Å². The molecule has 0 aromatic heterocycles. The van der Waals surface area contributed by atoms with Crippen LogP contribution in [-0.2, 0) is 5.41 Å². The quantitative estimate of drug-likeness (QED) is 0.872. The van der Waals surface area contributed by atoms with E-state index >= 15 is 0 Å². The summed E-state index contributed by atoms with van der Waals surface area (Å²) in [7, 11) is 3.44. The molecule has 0 radical (unpaired) electrons. The molecule has 0 amide bonds. The van der Waals surface area contributed by atoms with Crippen LogP contribution in [0.15, 0.2) is 18.2 Å². The molecule has 1 aliphatic heterocycles. The van der Waals surface area contributed by atoms with Gasteiger partial charge < -0.3 is 14.8 Å². The Labute approximate surface area is 103 Å². The molecule has 0 saturated carbocycles. The van der Waals surface area contributed by atoms with Gasteiger partial charge in [-0.1, -0.05) is 6.92 Å². The molecule has 94 valence electrons. The van der Waals surface area contributed by atoms with Crippen molar-refractivity contribution in [2.75, 3.05) is 27.3 Å². The lowest BCUT2D eigenvalue weighted by Gasteiger charge is -2.35. The zero-order valence-corrected chi connectivity index (χ0v) is 10.9. The first-order valence-electron chi connectivity index (χ1n) is 6.13. The van der Waals surface area contributed by atoms with Crippen LogP contribution in [0.25, 0.3) is 0 Å². The van der Waals surface area contributed by atoms with E-state index in [-0.39, 0.29) is 5.41 Å². The molecule has 1 fully saturated rings. The molecule has 0 bridgehead atoms. The fourth-order valence-electron chi connectivity index (χ4n) is 2.53. The van der Waals surface area contributed by atoms with Crippen LogP contribution in [0.3, 0.4) is 0 Å². The lowest BCUT2D eigenvalue weighted by atomic mass is 9.74. The highest BCUT2D eigenvalue weighted by Gasteiger charge is 2.31. The molecule has 1 aromatic carbocycles. The SMILES string of the molecule is COc1ccc(OC)c(C2(C)CCNCC2)c1. The molecule has 1 heterocycles. The number of ether oxygens (including phenoxy) is 2. The molecule has 1 N–H and O–H groups in total. The van der Waals surface area contributed by atoms with Crippen LogP contribution < -0.4 is 14.8 Å². The summed E-state index contributed by atoms with van der Waals surface area (Å²) < 4.78 is 10.8. The molecule has 3 nitrogen and oxygen atoms in total. The fourth-order valence-corrected chi connectivity index (χ4v) is 2.53. The van der Waals surface area contributed by atoms with E-state index in [1.54, 1.807) is 14.2 Å². The minimum atomic E-state index is 0.186. The van der Waals surface area contributed by atoms with Crippen LogP contribution in [0.2, 0.25) is 0 Å². The van der Waals surface area contributed by atoms with Crippen molar-refractivity contribution in [3.8, 4) is 11.5 Å². The first-order chi connectivity index (χ1) is 8.19. The highest BCUT2D eigenvalue weighted by molar-refractivity contribution is 5.45. The molecule has 3 heteroatoms. The van der Waals surface area contributed by atoms with Crippen LogP contribution in [0.1, 0.15) is 25.3 Å². The second kappa shape index (κ2) is 4.96. The molecule has 0 unspecified atom stereocenters. The van der Waals surface area contributed by atoms with Crippen molar-refractivity contribution >= 4 is 0 Å². The Morgan fingerprint density at radius 1 is 1.12 bits per heavy atom. The van der Waals surface area contributed by atoms with Gasteiger partial charge in [-0.25, -0.2) is 0 Å². The second-order valence-electron chi connectivity index (χ2n) is 4.88. The minimum Gasteiger partial charge on any atom is -0.497 e. The summed E-state index contributed by atoms with van der Waals surface area (Å²) in [4.78, 5) is 0. The molecule has 2 rings (SSSR count). The van der Waals surface area contributed by atoms with E-state index in [0.717, 1.165) is 37.4 Å². The maximum Gasteiger partial charge on any atom is 0.122 e. The summed E-state index contributed by atoms with van der Waals surface area (Å²) in [5, 5.41) is 3.40. The van der Waals surface area contributed by atoms with Crippen molar-refractivity contribution in [1.29, 1.82) is 0 Å². The fraction of sp³-hybridized carbons (Fsp3) is 0.571. The number of nitrogens with one attached hydrogen (secondary N) is 1. The van der Waals surface area contributed by atoms with Gasteiger partial charge in [-0.2, -0.15) is 0 Å². The largest absolute Gasteiger partial charge is 0.497 e. The summed E-state index contributed by atoms with van der Waals surface area (Å²) in [5.41, 5.74) is 1.45. The average Bonchev–Trinajstić information content (AvgIpc) is 2.39. The van der Waals surface area contributed by atoms with E-state index < -0.39 is 0 Å². The first-order valence-corrected chi connectivity index (χ1v) is 6.13. The van der Waals surface area contributed by atoms with Gasteiger partial charge >= 0.3 is 0 Å². The second-order valence-corrected chi connectivity index (χ2v) is 4.88. The predicted molar refractivity (Wildman–Crippen MR) is 69.0 cm³/mol. The number of hydrogen-bond donors (Lipinski definition) is 1. The van der Waals surface area contributed by atoms with Gasteiger partial charge in [0.2, 0.25) is 0 Å². The Morgan fingerprint density at radius 3 is 2.41 bits per heavy atom. The first kappa shape index (κ1) is 12.2. The van der Waals surface area contributed by atoms with E-state index in [1.807, 2.05) is 12.1 Å². The lowest BCUT2D eigenvalue weighted by molar-refractivity contribution is 0.314. The van der Waals surface area contributed by atoms with E-state index in [0.29, 0.717) is 0 Å². The van der Waals surface area contributed by atoms with Crippen LogP contribution in [0.4, 0.5) is 0 Å². The van der Waals surface area contributed by atoms with E-state index in [4.69, 9.17) is 9.47 Å². The van der Waals surface area contributed by atoms with Gasteiger partial charge in [0.15, 0.2) is 0 Å². The minimum absolute atomic E-state index is 0.186. The van der Waals surface area contributed by atoms with Crippen molar-refractivity contribution in [1.82, 2.24) is 5.32 Å². The average molecular weight is 235 g/mol. The smallest absolute Gasteiger partial charge is 0.122 e. The number of hydrogen-bond acceptors (Lipinski definition) is 3. The topological polar surface area (TPSA) is 30.5 Å². The number of benzene rings is 1. The summed E-state index contributed by atoms with van der Waals surface area (Å²) in [5.74, 6) is 1.87. The van der Waals surface area contributed by atoms with E-state index in [1.165, 1.54) is 5.56 Å². The van der Waals surface area contributed by atoms with Crippen molar-refractivity contribution in [2.24, 2.45) is 0 Å². The standard InChI is InChI=1S/C14H21NO2/c1-14(6-8-15-9-7-14)12-10-11(16-2)4-5-13(12)17-3/h4-5,10,15H,6-9H2,1-3H3. The molecule has 1 aromatic rings. The molecule has 0 spiro atoms. The van der Waals surface area contributed by atoms with E-state index in [9.17, 15) is 0 Å². The molecule has 0 aliphatic carbocycles. The number of methoxy groups -OCH3 is 2. The zero-order valence-electron chi connectivity index (χ0n) is 10.9. The summed E-state index contributed by atoms with van der Waals surface area (Å²) in [6.45, 7) is 4.44. The molecule has 1 saturated heterocycles. The van der Waals surface area contributed by atoms with Crippen molar-refractivity contribution in [3.63, 3.8) is 0 Å². The maximum atomic E-state index is 5.49. The summed E-state index contributed by atoms with van der Waals surface area (Å²) >= 11 is 0. The molecular weight excluding hydrogens is 214 g/mol. The van der Waals surface area contributed by atoms with E-state index in [2.05, 4.69) is 18.3 Å². The molecule has 17 heavy (non-hydrogen) atoms. The van der Waals surface area contributed by atoms with Gasteiger partial charge in [-0.3, -0.25) is 0 Å². The Kier molecular flexibility index (Phi) is 3.57. The normalized spacial score (nSPS) is 18.8. The monoisotopic (exact) mass is 235 g/mol. The van der Waals surface area contributed by atoms with Crippen LogP contribution in [0, 0.1) is 0 Å². The molecular formula is C14H21NO2. The Morgan fingerprint density at radius 2 is 1.82 bits per heavy atom. The van der Waals surface area contributed by atoms with Crippen molar-refractivity contribution < 1.29 is 9.47 Å². The van der Waals surface area contributed by atoms with Gasteiger partial charge in [0.05, 0.1) is 14.2 Å². The van der Waals surface area contributed by atoms with Gasteiger partial charge in [0.25, 0.3) is 0 Å². The highest BCUT2D eigenvalue weighted by atomic mass is 16.5. The Balaban J connectivity index is 2.40. The number of piperidine rings is 1. The molecule has 1 aliphatic rings. The number of rotatable bonds is 3. The van der Waals surface area contributed by atoms with Gasteiger partial charge in [0, 0.05) is 5.56 Å². The zero-order chi connectivity index (χ0) is 12.3. The van der Waals surface area contributed by atoms with Crippen LogP contribution in [-0.4, -0.2) is 27.3 Å². The third-order valence-electron chi connectivity index (χ3n) is 3.76. The lowest BCUT2D eigenvalue weighted by Crippen LogP contribution is -2.37.